The van der Waals surface area contributed by atoms with Crippen molar-refractivity contribution in [3.05, 3.63) is 119 Å². The molecule has 0 radical (unpaired) electrons. The molecule has 0 unspecified atom stereocenters. The van der Waals surface area contributed by atoms with E-state index in [9.17, 15) is 9.18 Å². The zero-order valence-corrected chi connectivity index (χ0v) is 20.7. The second-order valence-electron chi connectivity index (χ2n) is 10.0. The van der Waals surface area contributed by atoms with Crippen LogP contribution in [-0.2, 0) is 24.8 Å². The first kappa shape index (κ1) is 23.5. The molecular weight excluding hydrogens is 467 g/mol. The third-order valence-electron chi connectivity index (χ3n) is 7.71. The summed E-state index contributed by atoms with van der Waals surface area (Å²) in [6, 6.07) is 24.2. The van der Waals surface area contributed by atoms with Crippen LogP contribution in [0.4, 0.5) is 4.39 Å². The first-order valence-corrected chi connectivity index (χ1v) is 13.0. The molecule has 5 heteroatoms. The van der Waals surface area contributed by atoms with E-state index in [0.717, 1.165) is 47.9 Å². The summed E-state index contributed by atoms with van der Waals surface area (Å²) in [5, 5.41) is 0. The predicted molar refractivity (Wildman–Crippen MR) is 139 cm³/mol. The number of esters is 1. The van der Waals surface area contributed by atoms with Crippen molar-refractivity contribution in [2.75, 3.05) is 0 Å². The Kier molecular flexibility index (Phi) is 6.07. The topological polar surface area (TPSA) is 44.8 Å². The van der Waals surface area contributed by atoms with Crippen molar-refractivity contribution in [1.82, 2.24) is 0 Å². The summed E-state index contributed by atoms with van der Waals surface area (Å²) in [4.78, 5) is 13.4. The van der Waals surface area contributed by atoms with Crippen LogP contribution in [0.15, 0.2) is 90.7 Å². The second kappa shape index (κ2) is 9.55. The number of halogens is 1. The second-order valence-corrected chi connectivity index (χ2v) is 10.0. The Bertz CT molecular complexity index is 1360. The molecule has 3 atom stereocenters. The van der Waals surface area contributed by atoms with E-state index >= 15 is 0 Å². The smallest absolute Gasteiger partial charge is 0.373 e. The highest BCUT2D eigenvalue weighted by molar-refractivity contribution is 5.87. The number of carbonyl (C=O) groups is 1. The molecule has 0 amide bonds. The molecule has 188 valence electrons. The van der Waals surface area contributed by atoms with Gasteiger partial charge in [0.2, 0.25) is 5.76 Å². The lowest BCUT2D eigenvalue weighted by Crippen LogP contribution is -2.47. The molecule has 0 N–H and O–H groups in total. The molecule has 0 bridgehead atoms. The van der Waals surface area contributed by atoms with E-state index in [1.165, 1.54) is 12.1 Å². The largest absolute Gasteiger partial charge is 0.457 e. The maximum Gasteiger partial charge on any atom is 0.373 e. The van der Waals surface area contributed by atoms with Crippen molar-refractivity contribution in [3.63, 3.8) is 0 Å². The highest BCUT2D eigenvalue weighted by Crippen LogP contribution is 2.53. The molecule has 37 heavy (non-hydrogen) atoms. The Morgan fingerprint density at radius 1 is 0.919 bits per heavy atom. The fraction of sp³-hybridized carbons (Fsp3) is 0.281. The summed E-state index contributed by atoms with van der Waals surface area (Å²) in [5.41, 5.74) is 3.59. The van der Waals surface area contributed by atoms with Gasteiger partial charge in [0.15, 0.2) is 0 Å². The van der Waals surface area contributed by atoms with Gasteiger partial charge in [-0.3, -0.25) is 0 Å². The van der Waals surface area contributed by atoms with E-state index in [4.69, 9.17) is 14.2 Å². The number of carbonyl (C=O) groups excluding carboxylic acids is 1. The summed E-state index contributed by atoms with van der Waals surface area (Å²) in [5.74, 6) is -1.82. The van der Waals surface area contributed by atoms with Gasteiger partial charge in [-0.05, 0) is 61.1 Å². The molecule has 1 spiro atoms. The van der Waals surface area contributed by atoms with Crippen molar-refractivity contribution in [2.24, 2.45) is 5.92 Å². The zero-order valence-electron chi connectivity index (χ0n) is 20.7. The van der Waals surface area contributed by atoms with Gasteiger partial charge < -0.3 is 14.2 Å². The van der Waals surface area contributed by atoms with Crippen molar-refractivity contribution in [3.8, 4) is 0 Å². The van der Waals surface area contributed by atoms with Crippen molar-refractivity contribution in [1.29, 1.82) is 0 Å². The lowest BCUT2D eigenvalue weighted by Gasteiger charge is -2.47. The molecule has 2 heterocycles. The number of hydrogen-bond acceptors (Lipinski definition) is 4. The molecule has 1 fully saturated rings. The molecule has 4 nitrogen and oxygen atoms in total. The SMILES string of the molecule is C[C@@H]1[C@@H](c2ccc(F)cc2)C=C(C(=O)OC2CCCC2)O[C@]12OC(c1ccccc1)=Cc1ccccc12. The van der Waals surface area contributed by atoms with E-state index in [1.807, 2.05) is 73.7 Å². The number of rotatable bonds is 4. The minimum absolute atomic E-state index is 0.101. The predicted octanol–water partition coefficient (Wildman–Crippen LogP) is 7.33. The quantitative estimate of drug-likeness (QED) is 0.355. The van der Waals surface area contributed by atoms with E-state index < -0.39 is 11.8 Å². The molecule has 6 rings (SSSR count). The number of hydrogen-bond donors (Lipinski definition) is 0. The summed E-state index contributed by atoms with van der Waals surface area (Å²) in [6.45, 7) is 2.05. The summed E-state index contributed by atoms with van der Waals surface area (Å²) < 4.78 is 33.1. The molecule has 1 aliphatic carbocycles. The maximum atomic E-state index is 13.8. The van der Waals surface area contributed by atoms with Crippen molar-refractivity contribution < 1.29 is 23.4 Å². The lowest BCUT2D eigenvalue weighted by molar-refractivity contribution is -0.232. The van der Waals surface area contributed by atoms with Crippen LogP contribution in [0.25, 0.3) is 11.8 Å². The van der Waals surface area contributed by atoms with Gasteiger partial charge in [-0.2, -0.15) is 0 Å². The number of ether oxygens (including phenoxy) is 3. The Morgan fingerprint density at radius 3 is 2.38 bits per heavy atom. The van der Waals surface area contributed by atoms with Gasteiger partial charge in [0.25, 0.3) is 5.79 Å². The molecule has 2 aliphatic heterocycles. The van der Waals surface area contributed by atoms with E-state index in [2.05, 4.69) is 0 Å². The molecule has 0 aromatic heterocycles. The van der Waals surface area contributed by atoms with Crippen molar-refractivity contribution in [2.45, 2.75) is 50.4 Å². The van der Waals surface area contributed by atoms with E-state index in [1.54, 1.807) is 12.1 Å². The van der Waals surface area contributed by atoms with Gasteiger partial charge in [0.05, 0.1) is 0 Å². The third-order valence-corrected chi connectivity index (χ3v) is 7.71. The van der Waals surface area contributed by atoms with E-state index in [-0.39, 0.29) is 29.5 Å². The van der Waals surface area contributed by atoms with Gasteiger partial charge in [-0.25, -0.2) is 9.18 Å². The first-order chi connectivity index (χ1) is 18.0. The van der Waals surface area contributed by atoms with Gasteiger partial charge in [0, 0.05) is 23.0 Å². The monoisotopic (exact) mass is 496 g/mol. The number of benzene rings is 3. The Hall–Kier alpha value is -3.86. The van der Waals surface area contributed by atoms with Gasteiger partial charge in [-0.15, -0.1) is 0 Å². The van der Waals surface area contributed by atoms with Gasteiger partial charge in [0.1, 0.15) is 17.7 Å². The Morgan fingerprint density at radius 2 is 1.62 bits per heavy atom. The molecule has 3 aromatic carbocycles. The van der Waals surface area contributed by atoms with E-state index in [0.29, 0.717) is 5.76 Å². The first-order valence-electron chi connectivity index (χ1n) is 13.0. The van der Waals surface area contributed by atoms with Crippen LogP contribution in [0.2, 0.25) is 0 Å². The van der Waals surface area contributed by atoms with Crippen LogP contribution in [0.1, 0.15) is 60.8 Å². The molecule has 3 aromatic rings. The number of fused-ring (bicyclic) bond motifs is 2. The molecular formula is C32H29FO4. The minimum atomic E-state index is -1.28. The number of allylic oxidation sites excluding steroid dienone is 1. The lowest BCUT2D eigenvalue weighted by atomic mass is 9.75. The molecule has 0 saturated heterocycles. The summed E-state index contributed by atoms with van der Waals surface area (Å²) >= 11 is 0. The maximum absolute atomic E-state index is 13.8. The standard InChI is InChI=1S/C32H29FO4/c1-21-27(22-15-17-25(33)18-16-22)20-30(31(34)35-26-12-6-7-13-26)37-32(21)28-14-8-5-11-24(28)19-29(36-32)23-9-3-2-4-10-23/h2-5,8-11,14-21,26-27H,6-7,12-13H2,1H3/t21-,27+,32-/m1/s1. The summed E-state index contributed by atoms with van der Waals surface area (Å²) in [7, 11) is 0. The average molecular weight is 497 g/mol. The van der Waals surface area contributed by atoms with Crippen molar-refractivity contribution >= 4 is 17.8 Å². The van der Waals surface area contributed by atoms with Crippen LogP contribution in [0.3, 0.4) is 0 Å². The molecule has 3 aliphatic rings. The minimum Gasteiger partial charge on any atom is -0.457 e. The van der Waals surface area contributed by atoms with Crippen LogP contribution in [-0.4, -0.2) is 12.1 Å². The zero-order chi connectivity index (χ0) is 25.4. The van der Waals surface area contributed by atoms with Crippen LogP contribution >= 0.6 is 0 Å². The third kappa shape index (κ3) is 4.33. The van der Waals surface area contributed by atoms with Gasteiger partial charge >= 0.3 is 5.97 Å². The fourth-order valence-electron chi connectivity index (χ4n) is 5.72. The average Bonchev–Trinajstić information content (AvgIpc) is 3.44. The Labute approximate surface area is 216 Å². The van der Waals surface area contributed by atoms with Crippen LogP contribution in [0, 0.1) is 11.7 Å². The van der Waals surface area contributed by atoms with Crippen LogP contribution < -0.4 is 0 Å². The highest BCUT2D eigenvalue weighted by atomic mass is 19.1. The highest BCUT2D eigenvalue weighted by Gasteiger charge is 2.53. The Balaban J connectivity index is 1.47. The van der Waals surface area contributed by atoms with Gasteiger partial charge in [-0.1, -0.05) is 73.7 Å². The fourth-order valence-corrected chi connectivity index (χ4v) is 5.72. The van der Waals surface area contributed by atoms with Crippen LogP contribution in [0.5, 0.6) is 0 Å². The molecule has 1 saturated carbocycles. The normalized spacial score (nSPS) is 24.9. The summed E-state index contributed by atoms with van der Waals surface area (Å²) in [6.07, 6.45) is 7.55.